The van der Waals surface area contributed by atoms with Gasteiger partial charge >= 0.3 is 0 Å². The molecule has 1 aromatic heterocycles. The van der Waals surface area contributed by atoms with Crippen molar-refractivity contribution in [3.8, 4) is 5.75 Å². The number of halogens is 1. The predicted molar refractivity (Wildman–Crippen MR) is 106 cm³/mol. The molecule has 0 bridgehead atoms. The van der Waals surface area contributed by atoms with Crippen LogP contribution < -0.4 is 15.4 Å². The van der Waals surface area contributed by atoms with Crippen molar-refractivity contribution in [2.24, 2.45) is 0 Å². The molecule has 4 rings (SSSR count). The van der Waals surface area contributed by atoms with Gasteiger partial charge in [0.15, 0.2) is 11.5 Å². The standard InChI is InChI=1S/C21H16ClN3O2/c22-16-3-1-2-15(10-16)13-25-18-12-17(23)4-5-19(18)27-20(21(25)26)11-14-6-8-24-9-7-14/h1-12H,13,23H2/b20-11+. The number of pyridine rings is 1. The minimum Gasteiger partial charge on any atom is -0.449 e. The van der Waals surface area contributed by atoms with Crippen molar-refractivity contribution in [2.45, 2.75) is 6.54 Å². The molecule has 1 aliphatic heterocycles. The summed E-state index contributed by atoms with van der Waals surface area (Å²) in [4.78, 5) is 18.8. The Kier molecular flexibility index (Phi) is 4.52. The van der Waals surface area contributed by atoms with Crippen LogP contribution in [0.2, 0.25) is 5.02 Å². The lowest BCUT2D eigenvalue weighted by Gasteiger charge is -2.31. The lowest BCUT2D eigenvalue weighted by Crippen LogP contribution is -2.36. The highest BCUT2D eigenvalue weighted by atomic mass is 35.5. The lowest BCUT2D eigenvalue weighted by molar-refractivity contribution is -0.117. The Hall–Kier alpha value is -3.31. The van der Waals surface area contributed by atoms with Gasteiger partial charge in [0.25, 0.3) is 5.91 Å². The number of rotatable bonds is 3. The van der Waals surface area contributed by atoms with E-state index in [9.17, 15) is 4.79 Å². The third-order valence-electron chi connectivity index (χ3n) is 4.18. The van der Waals surface area contributed by atoms with Crippen LogP contribution in [-0.4, -0.2) is 10.9 Å². The number of fused-ring (bicyclic) bond motifs is 1. The minimum absolute atomic E-state index is 0.237. The summed E-state index contributed by atoms with van der Waals surface area (Å²) in [7, 11) is 0. The van der Waals surface area contributed by atoms with Gasteiger partial charge in [-0.2, -0.15) is 0 Å². The van der Waals surface area contributed by atoms with Gasteiger partial charge in [0.2, 0.25) is 0 Å². The van der Waals surface area contributed by atoms with Crippen LogP contribution in [0, 0.1) is 0 Å². The van der Waals surface area contributed by atoms with Gasteiger partial charge in [-0.3, -0.25) is 14.7 Å². The molecule has 27 heavy (non-hydrogen) atoms. The number of amides is 1. The third-order valence-corrected chi connectivity index (χ3v) is 4.42. The molecule has 0 radical (unpaired) electrons. The molecule has 0 spiro atoms. The average Bonchev–Trinajstić information content (AvgIpc) is 2.66. The van der Waals surface area contributed by atoms with Crippen LogP contribution in [0.15, 0.2) is 72.8 Å². The molecule has 5 nitrogen and oxygen atoms in total. The molecule has 0 saturated heterocycles. The third kappa shape index (κ3) is 3.64. The van der Waals surface area contributed by atoms with E-state index in [0.29, 0.717) is 28.7 Å². The topological polar surface area (TPSA) is 68.5 Å². The smallest absolute Gasteiger partial charge is 0.294 e. The van der Waals surface area contributed by atoms with Crippen LogP contribution in [0.25, 0.3) is 6.08 Å². The van der Waals surface area contributed by atoms with Crippen molar-refractivity contribution in [1.82, 2.24) is 4.98 Å². The molecular formula is C21H16ClN3O2. The summed E-state index contributed by atoms with van der Waals surface area (Å²) in [6, 6.07) is 16.3. The largest absolute Gasteiger partial charge is 0.449 e. The van der Waals surface area contributed by atoms with Crippen molar-refractivity contribution in [3.63, 3.8) is 0 Å². The molecule has 134 valence electrons. The van der Waals surface area contributed by atoms with Crippen molar-refractivity contribution < 1.29 is 9.53 Å². The number of aromatic nitrogens is 1. The van der Waals surface area contributed by atoms with Gasteiger partial charge in [0.05, 0.1) is 12.2 Å². The molecule has 0 aliphatic carbocycles. The number of hydrogen-bond donors (Lipinski definition) is 1. The molecule has 3 aromatic rings. The summed E-state index contributed by atoms with van der Waals surface area (Å²) in [6.07, 6.45) is 5.03. The maximum absolute atomic E-state index is 13.1. The zero-order chi connectivity index (χ0) is 18.8. The normalized spacial score (nSPS) is 14.8. The second kappa shape index (κ2) is 7.13. The highest BCUT2D eigenvalue weighted by Gasteiger charge is 2.30. The van der Waals surface area contributed by atoms with Crippen LogP contribution in [0.5, 0.6) is 5.75 Å². The van der Waals surface area contributed by atoms with Crippen LogP contribution in [-0.2, 0) is 11.3 Å². The number of nitrogens with zero attached hydrogens (tertiary/aromatic N) is 2. The fraction of sp³-hybridized carbons (Fsp3) is 0.0476. The Balaban J connectivity index is 1.76. The summed E-state index contributed by atoms with van der Waals surface area (Å²) in [5.74, 6) is 0.566. The zero-order valence-electron chi connectivity index (χ0n) is 14.3. The van der Waals surface area contributed by atoms with Gasteiger partial charge in [-0.15, -0.1) is 0 Å². The summed E-state index contributed by atoms with van der Waals surface area (Å²) >= 11 is 6.09. The van der Waals surface area contributed by atoms with Crippen molar-refractivity contribution in [2.75, 3.05) is 10.6 Å². The molecule has 2 N–H and O–H groups in total. The number of ether oxygens (including phenoxy) is 1. The predicted octanol–water partition coefficient (Wildman–Crippen LogP) is 4.28. The van der Waals surface area contributed by atoms with Gasteiger partial charge in [-0.1, -0.05) is 23.7 Å². The monoisotopic (exact) mass is 377 g/mol. The second-order valence-corrected chi connectivity index (χ2v) is 6.58. The first-order valence-corrected chi connectivity index (χ1v) is 8.73. The SMILES string of the molecule is Nc1ccc2c(c1)N(Cc1cccc(Cl)c1)C(=O)/C(=C\c1ccncc1)O2. The van der Waals surface area contributed by atoms with E-state index in [1.807, 2.05) is 30.3 Å². The van der Waals surface area contributed by atoms with Crippen molar-refractivity contribution >= 4 is 35.0 Å². The quantitative estimate of drug-likeness (QED) is 0.546. The van der Waals surface area contributed by atoms with E-state index >= 15 is 0 Å². The number of nitrogen functional groups attached to an aromatic ring is 1. The fourth-order valence-electron chi connectivity index (χ4n) is 2.91. The zero-order valence-corrected chi connectivity index (χ0v) is 15.1. The number of benzene rings is 2. The summed E-state index contributed by atoms with van der Waals surface area (Å²) in [6.45, 7) is 0.354. The van der Waals surface area contributed by atoms with Crippen LogP contribution >= 0.6 is 11.6 Å². The number of hydrogen-bond acceptors (Lipinski definition) is 4. The molecular weight excluding hydrogens is 362 g/mol. The van der Waals surface area contributed by atoms with E-state index < -0.39 is 0 Å². The molecule has 1 amide bonds. The molecule has 2 aromatic carbocycles. The van der Waals surface area contributed by atoms with Gasteiger partial charge in [0, 0.05) is 23.1 Å². The van der Waals surface area contributed by atoms with Crippen LogP contribution in [0.3, 0.4) is 0 Å². The number of carbonyl (C=O) groups excluding carboxylic acids is 1. The van der Waals surface area contributed by atoms with Gasteiger partial charge in [0.1, 0.15) is 0 Å². The summed E-state index contributed by atoms with van der Waals surface area (Å²) < 4.78 is 5.86. The van der Waals surface area contributed by atoms with E-state index in [-0.39, 0.29) is 11.7 Å². The fourth-order valence-corrected chi connectivity index (χ4v) is 3.13. The first-order chi connectivity index (χ1) is 13.1. The first kappa shape index (κ1) is 17.1. The highest BCUT2D eigenvalue weighted by Crippen LogP contribution is 2.38. The number of nitrogens with two attached hydrogens (primary N) is 1. The molecule has 0 fully saturated rings. The first-order valence-electron chi connectivity index (χ1n) is 8.35. The number of anilines is 2. The molecule has 6 heteroatoms. The molecule has 0 unspecified atom stereocenters. The van der Waals surface area contributed by atoms with Crippen molar-refractivity contribution in [1.29, 1.82) is 0 Å². The number of carbonyl (C=O) groups is 1. The van der Waals surface area contributed by atoms with Crippen molar-refractivity contribution in [3.05, 3.63) is 88.9 Å². The van der Waals surface area contributed by atoms with E-state index in [2.05, 4.69) is 4.98 Å². The molecule has 0 saturated carbocycles. The lowest BCUT2D eigenvalue weighted by atomic mass is 10.1. The van der Waals surface area contributed by atoms with Crippen LogP contribution in [0.1, 0.15) is 11.1 Å². The molecule has 0 atom stereocenters. The Morgan fingerprint density at radius 2 is 1.93 bits per heavy atom. The summed E-state index contributed by atoms with van der Waals surface area (Å²) in [5.41, 5.74) is 8.86. The van der Waals surface area contributed by atoms with E-state index in [1.54, 1.807) is 47.6 Å². The Bertz CT molecular complexity index is 1030. The highest BCUT2D eigenvalue weighted by molar-refractivity contribution is 6.30. The maximum Gasteiger partial charge on any atom is 0.294 e. The van der Waals surface area contributed by atoms with E-state index in [1.165, 1.54) is 0 Å². The van der Waals surface area contributed by atoms with E-state index in [4.69, 9.17) is 22.1 Å². The Morgan fingerprint density at radius 1 is 1.11 bits per heavy atom. The molecule has 1 aliphatic rings. The van der Waals surface area contributed by atoms with Crippen LogP contribution in [0.4, 0.5) is 11.4 Å². The van der Waals surface area contributed by atoms with Gasteiger partial charge in [-0.05, 0) is 59.7 Å². The maximum atomic E-state index is 13.1. The van der Waals surface area contributed by atoms with Gasteiger partial charge in [-0.25, -0.2) is 0 Å². The summed E-state index contributed by atoms with van der Waals surface area (Å²) in [5, 5.41) is 0.619. The second-order valence-electron chi connectivity index (χ2n) is 6.14. The van der Waals surface area contributed by atoms with E-state index in [0.717, 1.165) is 11.1 Å². The van der Waals surface area contributed by atoms with Gasteiger partial charge < -0.3 is 10.5 Å². The Morgan fingerprint density at radius 3 is 2.70 bits per heavy atom. The molecule has 2 heterocycles. The Labute approximate surface area is 161 Å². The average molecular weight is 378 g/mol. The minimum atomic E-state index is -0.245.